The topological polar surface area (TPSA) is 52.6 Å². The molecule has 8 heteroatoms. The summed E-state index contributed by atoms with van der Waals surface area (Å²) < 4.78 is 0. The Morgan fingerprint density at radius 3 is 2.68 bits per heavy atom. The van der Waals surface area contributed by atoms with Gasteiger partial charge in [-0.15, -0.1) is 46.7 Å². The Hall–Kier alpha value is -0.710. The van der Waals surface area contributed by atoms with Crippen LogP contribution >= 0.6 is 46.7 Å². The molecule has 5 nitrogen and oxygen atoms in total. The van der Waals surface area contributed by atoms with E-state index in [1.165, 1.54) is 35.7 Å². The van der Waals surface area contributed by atoms with Crippen LogP contribution in [0.5, 0.6) is 0 Å². The minimum atomic E-state index is 0. The molecule has 1 aliphatic heterocycles. The van der Waals surface area contributed by atoms with Gasteiger partial charge in [-0.3, -0.25) is 4.90 Å². The molecule has 28 heavy (non-hydrogen) atoms. The Labute approximate surface area is 194 Å². The van der Waals surface area contributed by atoms with Gasteiger partial charge in [0.2, 0.25) is 0 Å². The van der Waals surface area contributed by atoms with Crippen LogP contribution in [0.1, 0.15) is 40.2 Å². The van der Waals surface area contributed by atoms with E-state index in [0.717, 1.165) is 42.2 Å². The average Bonchev–Trinajstić information content (AvgIpc) is 3.28. The molecule has 0 amide bonds. The summed E-state index contributed by atoms with van der Waals surface area (Å²) in [7, 11) is 0. The lowest BCUT2D eigenvalue weighted by molar-refractivity contribution is 0.179. The van der Waals surface area contributed by atoms with Crippen LogP contribution in [0.15, 0.2) is 22.5 Å². The standard InChI is InChI=1S/C20H31N5S2.HI/c1-4-21-20(23-13-19-24-15(2)16(3)27-19)22-12-17-7-9-25(10-8-17)14-18-6-5-11-26-18;/h5-6,11,17H,4,7-10,12-14H2,1-3H3,(H2,21,22,23);1H. The first-order valence-corrected chi connectivity index (χ1v) is 11.5. The van der Waals surface area contributed by atoms with E-state index in [-0.39, 0.29) is 24.0 Å². The number of thiophene rings is 1. The first kappa shape index (κ1) is 23.6. The van der Waals surface area contributed by atoms with Crippen LogP contribution in [0.25, 0.3) is 0 Å². The van der Waals surface area contributed by atoms with Crippen molar-refractivity contribution in [1.82, 2.24) is 20.5 Å². The van der Waals surface area contributed by atoms with Crippen molar-refractivity contribution >= 4 is 52.6 Å². The molecule has 1 aliphatic rings. The molecule has 0 atom stereocenters. The Morgan fingerprint density at radius 1 is 1.29 bits per heavy atom. The molecule has 2 aromatic heterocycles. The van der Waals surface area contributed by atoms with E-state index in [1.54, 1.807) is 11.3 Å². The normalized spacial score (nSPS) is 16.0. The van der Waals surface area contributed by atoms with Gasteiger partial charge < -0.3 is 10.6 Å². The Morgan fingerprint density at radius 2 is 2.07 bits per heavy atom. The number of hydrogen-bond donors (Lipinski definition) is 2. The second-order valence-corrected chi connectivity index (χ2v) is 9.44. The lowest BCUT2D eigenvalue weighted by Gasteiger charge is -2.32. The van der Waals surface area contributed by atoms with Crippen molar-refractivity contribution in [2.24, 2.45) is 10.9 Å². The summed E-state index contributed by atoms with van der Waals surface area (Å²) in [6.07, 6.45) is 2.51. The number of aliphatic imine (C=N–C) groups is 1. The summed E-state index contributed by atoms with van der Waals surface area (Å²) >= 11 is 3.60. The van der Waals surface area contributed by atoms with E-state index in [0.29, 0.717) is 6.54 Å². The van der Waals surface area contributed by atoms with Gasteiger partial charge in [0.05, 0.1) is 12.2 Å². The van der Waals surface area contributed by atoms with Gasteiger partial charge >= 0.3 is 0 Å². The molecular formula is C20H32IN5S2. The first-order valence-electron chi connectivity index (χ1n) is 9.84. The molecule has 0 saturated carbocycles. The fourth-order valence-electron chi connectivity index (χ4n) is 3.31. The maximum Gasteiger partial charge on any atom is 0.191 e. The third kappa shape index (κ3) is 7.27. The zero-order valence-corrected chi connectivity index (χ0v) is 21.0. The summed E-state index contributed by atoms with van der Waals surface area (Å²) in [4.78, 5) is 14.6. The molecule has 1 fully saturated rings. The van der Waals surface area contributed by atoms with Crippen molar-refractivity contribution in [2.45, 2.75) is 46.7 Å². The number of halogens is 1. The van der Waals surface area contributed by atoms with Gasteiger partial charge in [-0.25, -0.2) is 9.98 Å². The number of nitrogens with one attached hydrogen (secondary N) is 2. The second kappa shape index (κ2) is 12.1. The quantitative estimate of drug-likeness (QED) is 0.315. The summed E-state index contributed by atoms with van der Waals surface area (Å²) in [6, 6.07) is 4.38. The van der Waals surface area contributed by atoms with Gasteiger partial charge in [0.1, 0.15) is 5.01 Å². The third-order valence-electron chi connectivity index (χ3n) is 5.01. The monoisotopic (exact) mass is 533 g/mol. The molecule has 1 saturated heterocycles. The van der Waals surface area contributed by atoms with Crippen LogP contribution in [0.4, 0.5) is 0 Å². The summed E-state index contributed by atoms with van der Waals surface area (Å²) in [6.45, 7) is 12.3. The van der Waals surface area contributed by atoms with E-state index in [2.05, 4.69) is 58.8 Å². The average molecular weight is 534 g/mol. The van der Waals surface area contributed by atoms with Crippen molar-refractivity contribution in [2.75, 3.05) is 26.2 Å². The highest BCUT2D eigenvalue weighted by molar-refractivity contribution is 14.0. The summed E-state index contributed by atoms with van der Waals surface area (Å²) in [5.41, 5.74) is 1.12. The largest absolute Gasteiger partial charge is 0.357 e. The highest BCUT2D eigenvalue weighted by atomic mass is 127. The van der Waals surface area contributed by atoms with Crippen LogP contribution in [-0.2, 0) is 13.1 Å². The van der Waals surface area contributed by atoms with Crippen molar-refractivity contribution in [1.29, 1.82) is 0 Å². The molecule has 0 radical (unpaired) electrons. The first-order chi connectivity index (χ1) is 13.1. The van der Waals surface area contributed by atoms with Gasteiger partial charge in [-0.05, 0) is 64.1 Å². The van der Waals surface area contributed by atoms with Gasteiger partial charge in [-0.2, -0.15) is 0 Å². The maximum absolute atomic E-state index is 4.72. The third-order valence-corrected chi connectivity index (χ3v) is 6.93. The van der Waals surface area contributed by atoms with Gasteiger partial charge in [0.25, 0.3) is 0 Å². The van der Waals surface area contributed by atoms with Crippen LogP contribution in [0.2, 0.25) is 0 Å². The maximum atomic E-state index is 4.72. The number of likely N-dealkylation sites (tertiary alicyclic amines) is 1. The minimum Gasteiger partial charge on any atom is -0.357 e. The van der Waals surface area contributed by atoms with Gasteiger partial charge in [0.15, 0.2) is 5.96 Å². The molecular weight excluding hydrogens is 501 g/mol. The fourth-order valence-corrected chi connectivity index (χ4v) is 4.91. The summed E-state index contributed by atoms with van der Waals surface area (Å²) in [5.74, 6) is 1.63. The number of piperidine rings is 1. The Bertz CT molecular complexity index is 702. The van der Waals surface area contributed by atoms with Crippen molar-refractivity contribution in [3.05, 3.63) is 38.0 Å². The molecule has 0 aromatic carbocycles. The van der Waals surface area contributed by atoms with E-state index in [9.17, 15) is 0 Å². The number of guanidine groups is 1. The SMILES string of the molecule is CCNC(=NCc1nc(C)c(C)s1)NCC1CCN(Cc2cccs2)CC1.I. The number of aryl methyl sites for hydroxylation is 2. The van der Waals surface area contributed by atoms with Crippen molar-refractivity contribution in [3.8, 4) is 0 Å². The molecule has 156 valence electrons. The van der Waals surface area contributed by atoms with Gasteiger partial charge in [0, 0.05) is 29.4 Å². The number of nitrogens with zero attached hydrogens (tertiary/aromatic N) is 3. The molecule has 0 aliphatic carbocycles. The lowest BCUT2D eigenvalue weighted by Crippen LogP contribution is -2.42. The minimum absolute atomic E-state index is 0. The van der Waals surface area contributed by atoms with E-state index in [4.69, 9.17) is 4.99 Å². The number of aromatic nitrogens is 1. The predicted molar refractivity (Wildman–Crippen MR) is 132 cm³/mol. The van der Waals surface area contributed by atoms with Crippen LogP contribution in [0.3, 0.4) is 0 Å². The Balaban J connectivity index is 0.00000280. The number of rotatable bonds is 7. The predicted octanol–water partition coefficient (Wildman–Crippen LogP) is 4.41. The molecule has 2 aromatic rings. The molecule has 2 N–H and O–H groups in total. The van der Waals surface area contributed by atoms with Crippen LogP contribution in [-0.4, -0.2) is 42.0 Å². The Kier molecular flexibility index (Phi) is 10.2. The molecule has 3 rings (SSSR count). The molecule has 3 heterocycles. The fraction of sp³-hybridized carbons (Fsp3) is 0.600. The molecule has 0 unspecified atom stereocenters. The highest BCUT2D eigenvalue weighted by Gasteiger charge is 2.19. The summed E-state index contributed by atoms with van der Waals surface area (Å²) in [5, 5.41) is 10.2. The molecule has 0 spiro atoms. The number of hydrogen-bond acceptors (Lipinski definition) is 5. The van der Waals surface area contributed by atoms with Gasteiger partial charge in [-0.1, -0.05) is 6.07 Å². The van der Waals surface area contributed by atoms with E-state index in [1.807, 2.05) is 11.3 Å². The van der Waals surface area contributed by atoms with Crippen molar-refractivity contribution in [3.63, 3.8) is 0 Å². The smallest absolute Gasteiger partial charge is 0.191 e. The number of thiazole rings is 1. The zero-order valence-electron chi connectivity index (χ0n) is 17.0. The molecule has 0 bridgehead atoms. The van der Waals surface area contributed by atoms with Crippen molar-refractivity contribution < 1.29 is 0 Å². The van der Waals surface area contributed by atoms with Crippen LogP contribution < -0.4 is 10.6 Å². The second-order valence-electron chi connectivity index (χ2n) is 7.12. The van der Waals surface area contributed by atoms with E-state index >= 15 is 0 Å². The van der Waals surface area contributed by atoms with Crippen LogP contribution in [0, 0.1) is 19.8 Å². The lowest BCUT2D eigenvalue weighted by atomic mass is 9.97. The highest BCUT2D eigenvalue weighted by Crippen LogP contribution is 2.20. The zero-order chi connectivity index (χ0) is 19.1. The van der Waals surface area contributed by atoms with E-state index < -0.39 is 0 Å².